The summed E-state index contributed by atoms with van der Waals surface area (Å²) in [5.74, 6) is 0.537. The number of alkyl halides is 3. The monoisotopic (exact) mass is 424 g/mol. The lowest BCUT2D eigenvalue weighted by molar-refractivity contribution is -0.153. The van der Waals surface area contributed by atoms with Gasteiger partial charge in [0.2, 0.25) is 5.88 Å². The van der Waals surface area contributed by atoms with E-state index in [9.17, 15) is 13.2 Å². The number of pyridine rings is 1. The van der Waals surface area contributed by atoms with Crippen LogP contribution in [0.25, 0.3) is 11.1 Å². The smallest absolute Gasteiger partial charge is 0.422 e. The van der Waals surface area contributed by atoms with Gasteiger partial charge in [-0.25, -0.2) is 4.98 Å². The van der Waals surface area contributed by atoms with Gasteiger partial charge in [0, 0.05) is 29.9 Å². The molecule has 3 aromatic rings. The Morgan fingerprint density at radius 2 is 1.66 bits per heavy atom. The highest BCUT2D eigenvalue weighted by Gasteiger charge is 2.29. The van der Waals surface area contributed by atoms with Crippen molar-refractivity contribution in [2.45, 2.75) is 19.3 Å². The van der Waals surface area contributed by atoms with E-state index < -0.39 is 12.8 Å². The second-order valence-corrected chi connectivity index (χ2v) is 6.10. The maximum atomic E-state index is 12.5. The molecule has 1 aromatic heterocycles. The number of aromatic nitrogens is 1. The zero-order chi connectivity index (χ0) is 20.0. The fraction of sp³-hybridized carbons (Fsp3) is 0.190. The molecule has 0 unspecified atom stereocenters. The summed E-state index contributed by atoms with van der Waals surface area (Å²) < 4.78 is 48.2. The first-order valence-corrected chi connectivity index (χ1v) is 8.60. The van der Waals surface area contributed by atoms with Gasteiger partial charge in [-0.2, -0.15) is 13.2 Å². The van der Waals surface area contributed by atoms with Gasteiger partial charge in [0.15, 0.2) is 6.61 Å². The summed E-state index contributed by atoms with van der Waals surface area (Å²) in [5, 5.41) is 0. The van der Waals surface area contributed by atoms with E-state index in [1.54, 1.807) is 24.3 Å². The Bertz CT molecular complexity index is 904. The molecule has 29 heavy (non-hydrogen) atoms. The number of nitrogens with zero attached hydrogens (tertiary/aromatic N) is 1. The molecule has 0 aliphatic heterocycles. The lowest BCUT2D eigenvalue weighted by atomic mass is 10.0. The summed E-state index contributed by atoms with van der Waals surface area (Å²) in [5.41, 5.74) is 8.54. The first-order chi connectivity index (χ1) is 13.4. The molecule has 1 heterocycles. The summed E-state index contributed by atoms with van der Waals surface area (Å²) in [7, 11) is 0. The van der Waals surface area contributed by atoms with Crippen molar-refractivity contribution < 1.29 is 22.6 Å². The Labute approximate surface area is 172 Å². The molecule has 2 aromatic carbocycles. The van der Waals surface area contributed by atoms with Crippen LogP contribution in [0.1, 0.15) is 11.1 Å². The second-order valence-electron chi connectivity index (χ2n) is 6.10. The summed E-state index contributed by atoms with van der Waals surface area (Å²) in [6, 6.07) is 17.9. The average Bonchev–Trinajstić information content (AvgIpc) is 2.71. The maximum absolute atomic E-state index is 12.5. The van der Waals surface area contributed by atoms with Crippen LogP contribution in [0.5, 0.6) is 11.6 Å². The molecule has 0 spiro atoms. The first kappa shape index (κ1) is 22.5. The summed E-state index contributed by atoms with van der Waals surface area (Å²) in [6.07, 6.45) is -2.88. The van der Waals surface area contributed by atoms with Gasteiger partial charge in [0.05, 0.1) is 0 Å². The minimum atomic E-state index is -4.42. The third kappa shape index (κ3) is 6.66. The fourth-order valence-electron chi connectivity index (χ4n) is 2.57. The van der Waals surface area contributed by atoms with Crippen LogP contribution in [0.4, 0.5) is 13.2 Å². The number of nitrogens with two attached hydrogens (primary N) is 1. The zero-order valence-corrected chi connectivity index (χ0v) is 16.2. The quantitative estimate of drug-likeness (QED) is 0.570. The molecular weight excluding hydrogens is 405 g/mol. The number of hydrogen-bond acceptors (Lipinski definition) is 4. The van der Waals surface area contributed by atoms with Gasteiger partial charge in [-0.15, -0.1) is 12.4 Å². The molecule has 154 valence electrons. The average molecular weight is 425 g/mol. The van der Waals surface area contributed by atoms with Gasteiger partial charge in [0.25, 0.3) is 0 Å². The minimum Gasteiger partial charge on any atom is -0.483 e. The van der Waals surface area contributed by atoms with Crippen LogP contribution in [0.15, 0.2) is 66.9 Å². The lowest BCUT2D eigenvalue weighted by Crippen LogP contribution is -2.19. The first-order valence-electron chi connectivity index (χ1n) is 8.60. The number of ether oxygens (including phenoxy) is 2. The SMILES string of the molecule is Cl.NCc1ccc(OCC(F)(F)F)c(-c2ccc(OCc3ccccc3)nc2)c1. The van der Waals surface area contributed by atoms with Crippen molar-refractivity contribution in [2.24, 2.45) is 5.73 Å². The molecule has 0 aliphatic carbocycles. The fourth-order valence-corrected chi connectivity index (χ4v) is 2.57. The van der Waals surface area contributed by atoms with Crippen LogP contribution in [0.2, 0.25) is 0 Å². The molecule has 2 N–H and O–H groups in total. The molecule has 0 bridgehead atoms. The van der Waals surface area contributed by atoms with Crippen LogP contribution in [0, 0.1) is 0 Å². The topological polar surface area (TPSA) is 57.4 Å². The van der Waals surface area contributed by atoms with Gasteiger partial charge in [-0.1, -0.05) is 36.4 Å². The number of halogens is 4. The standard InChI is InChI=1S/C21H19F3N2O2.ClH/c22-21(23,24)14-28-19-8-6-16(11-25)10-18(19)17-7-9-20(26-12-17)27-13-15-4-2-1-3-5-15;/h1-10,12H,11,13-14,25H2;1H. The highest BCUT2D eigenvalue weighted by molar-refractivity contribution is 5.85. The van der Waals surface area contributed by atoms with Crippen LogP contribution < -0.4 is 15.2 Å². The zero-order valence-electron chi connectivity index (χ0n) is 15.4. The molecule has 0 fully saturated rings. The molecule has 0 radical (unpaired) electrons. The highest BCUT2D eigenvalue weighted by atomic mass is 35.5. The molecular formula is C21H20ClF3N2O2. The number of rotatable bonds is 7. The van der Waals surface area contributed by atoms with E-state index in [1.165, 1.54) is 12.3 Å². The predicted molar refractivity (Wildman–Crippen MR) is 107 cm³/mol. The van der Waals surface area contributed by atoms with Crippen molar-refractivity contribution in [3.63, 3.8) is 0 Å². The van der Waals surface area contributed by atoms with Gasteiger partial charge in [0.1, 0.15) is 12.4 Å². The van der Waals surface area contributed by atoms with E-state index in [4.69, 9.17) is 15.2 Å². The van der Waals surface area contributed by atoms with E-state index in [2.05, 4.69) is 4.98 Å². The Kier molecular flexibility index (Phi) is 7.87. The Morgan fingerprint density at radius 3 is 2.28 bits per heavy atom. The molecule has 0 amide bonds. The van der Waals surface area contributed by atoms with Crippen molar-refractivity contribution in [2.75, 3.05) is 6.61 Å². The van der Waals surface area contributed by atoms with Gasteiger partial charge in [-0.05, 0) is 29.3 Å². The molecule has 0 saturated carbocycles. The minimum absolute atomic E-state index is 0. The van der Waals surface area contributed by atoms with Crippen LogP contribution in [-0.4, -0.2) is 17.8 Å². The van der Waals surface area contributed by atoms with Crippen molar-refractivity contribution >= 4 is 12.4 Å². The van der Waals surface area contributed by atoms with E-state index in [0.29, 0.717) is 23.6 Å². The van der Waals surface area contributed by atoms with E-state index in [0.717, 1.165) is 11.1 Å². The number of benzene rings is 2. The van der Waals surface area contributed by atoms with Crippen molar-refractivity contribution in [1.82, 2.24) is 4.98 Å². The largest absolute Gasteiger partial charge is 0.483 e. The molecule has 0 aliphatic rings. The van der Waals surface area contributed by atoms with Crippen molar-refractivity contribution in [3.05, 3.63) is 78.0 Å². The summed E-state index contributed by atoms with van der Waals surface area (Å²) in [6.45, 7) is -0.734. The van der Waals surface area contributed by atoms with E-state index >= 15 is 0 Å². The summed E-state index contributed by atoms with van der Waals surface area (Å²) in [4.78, 5) is 4.24. The highest BCUT2D eigenvalue weighted by Crippen LogP contribution is 2.32. The van der Waals surface area contributed by atoms with Gasteiger partial charge in [-0.3, -0.25) is 0 Å². The molecule has 0 atom stereocenters. The molecule has 4 nitrogen and oxygen atoms in total. The second kappa shape index (κ2) is 10.1. The van der Waals surface area contributed by atoms with Crippen molar-refractivity contribution in [3.8, 4) is 22.8 Å². The number of hydrogen-bond donors (Lipinski definition) is 1. The lowest BCUT2D eigenvalue weighted by Gasteiger charge is -2.14. The van der Waals surface area contributed by atoms with Crippen LogP contribution >= 0.6 is 12.4 Å². The van der Waals surface area contributed by atoms with Crippen LogP contribution in [-0.2, 0) is 13.2 Å². The Hall–Kier alpha value is -2.77. The van der Waals surface area contributed by atoms with Gasteiger partial charge >= 0.3 is 6.18 Å². The van der Waals surface area contributed by atoms with E-state index in [-0.39, 0.29) is 24.7 Å². The Balaban J connectivity index is 0.00000300. The molecule has 0 saturated heterocycles. The Morgan fingerprint density at radius 1 is 0.897 bits per heavy atom. The molecule has 3 rings (SSSR count). The summed E-state index contributed by atoms with van der Waals surface area (Å²) >= 11 is 0. The van der Waals surface area contributed by atoms with E-state index in [1.807, 2.05) is 30.3 Å². The third-order valence-corrected chi connectivity index (χ3v) is 3.95. The predicted octanol–water partition coefficient (Wildman–Crippen LogP) is 5.15. The van der Waals surface area contributed by atoms with Crippen LogP contribution in [0.3, 0.4) is 0 Å². The normalized spacial score (nSPS) is 10.9. The van der Waals surface area contributed by atoms with Gasteiger partial charge < -0.3 is 15.2 Å². The molecule has 8 heteroatoms. The van der Waals surface area contributed by atoms with Crippen molar-refractivity contribution in [1.29, 1.82) is 0 Å². The third-order valence-electron chi connectivity index (χ3n) is 3.95. The maximum Gasteiger partial charge on any atom is 0.422 e.